The summed E-state index contributed by atoms with van der Waals surface area (Å²) in [7, 11) is 3.61. The fourth-order valence-electron chi connectivity index (χ4n) is 4.28. The summed E-state index contributed by atoms with van der Waals surface area (Å²) >= 11 is 0. The summed E-state index contributed by atoms with van der Waals surface area (Å²) in [6.07, 6.45) is 5.11. The first kappa shape index (κ1) is 19.4. The first-order valence-corrected chi connectivity index (χ1v) is 10.3. The van der Waals surface area contributed by atoms with Gasteiger partial charge in [0.2, 0.25) is 5.91 Å². The van der Waals surface area contributed by atoms with E-state index in [9.17, 15) is 4.79 Å². The first-order chi connectivity index (χ1) is 14.1. The molecule has 1 aliphatic heterocycles. The van der Waals surface area contributed by atoms with Crippen molar-refractivity contribution in [3.8, 4) is 5.75 Å². The number of likely N-dealkylation sites (tertiary alicyclic amines) is 1. The van der Waals surface area contributed by atoms with E-state index in [0.717, 1.165) is 66.0 Å². The smallest absolute Gasteiger partial charge is 0.222 e. The fraction of sp³-hybridized carbons (Fsp3) is 0.435. The molecule has 6 heteroatoms. The Morgan fingerprint density at radius 2 is 2.17 bits per heavy atom. The summed E-state index contributed by atoms with van der Waals surface area (Å²) in [6, 6.07) is 10.2. The molecule has 1 aromatic carbocycles. The number of piperidine rings is 1. The summed E-state index contributed by atoms with van der Waals surface area (Å²) in [5.41, 5.74) is 4.21. The molecule has 152 valence electrons. The number of nitrogens with zero attached hydrogens (tertiary/aromatic N) is 4. The molecule has 1 saturated heterocycles. The van der Waals surface area contributed by atoms with Crippen LogP contribution in [0.4, 0.5) is 0 Å². The topological polar surface area (TPSA) is 60.2 Å². The van der Waals surface area contributed by atoms with Crippen molar-refractivity contribution >= 4 is 16.9 Å². The Kier molecular flexibility index (Phi) is 5.51. The van der Waals surface area contributed by atoms with Gasteiger partial charge in [-0.15, -0.1) is 0 Å². The van der Waals surface area contributed by atoms with Crippen LogP contribution in [0.1, 0.15) is 42.0 Å². The van der Waals surface area contributed by atoms with Crippen molar-refractivity contribution in [2.45, 2.75) is 38.5 Å². The van der Waals surface area contributed by atoms with Crippen molar-refractivity contribution in [1.82, 2.24) is 19.7 Å². The molecule has 0 spiro atoms. The number of aromatic nitrogens is 3. The van der Waals surface area contributed by atoms with E-state index in [1.54, 1.807) is 13.3 Å². The second-order valence-corrected chi connectivity index (χ2v) is 7.87. The summed E-state index contributed by atoms with van der Waals surface area (Å²) < 4.78 is 7.24. The average Bonchev–Trinajstić information content (AvgIpc) is 3.10. The molecule has 0 saturated carbocycles. The van der Waals surface area contributed by atoms with Crippen molar-refractivity contribution in [1.29, 1.82) is 0 Å². The summed E-state index contributed by atoms with van der Waals surface area (Å²) in [6.45, 7) is 3.59. The van der Waals surface area contributed by atoms with Gasteiger partial charge < -0.3 is 9.64 Å². The van der Waals surface area contributed by atoms with Gasteiger partial charge in [-0.25, -0.2) is 4.98 Å². The molecule has 2 aromatic heterocycles. The van der Waals surface area contributed by atoms with Crippen LogP contribution in [-0.4, -0.2) is 45.8 Å². The molecule has 1 atom stereocenters. The van der Waals surface area contributed by atoms with Crippen LogP contribution in [0, 0.1) is 6.92 Å². The molecule has 6 nitrogen and oxygen atoms in total. The molecular weight excluding hydrogens is 364 g/mol. The third-order valence-electron chi connectivity index (χ3n) is 5.89. The standard InChI is InChI=1S/C23H28N4O2/c1-16-8-9-17(14-20(16)29-3)10-11-21(28)27-13-5-6-18(15-27)22-19-7-4-12-24-23(19)26(2)25-22/h4,7-9,12,14,18H,5-6,10-11,13,15H2,1-3H3/t18-/m1/s1. The maximum atomic E-state index is 12.9. The zero-order valence-electron chi connectivity index (χ0n) is 17.4. The Hall–Kier alpha value is -2.89. The average molecular weight is 393 g/mol. The Balaban J connectivity index is 1.43. The highest BCUT2D eigenvalue weighted by Crippen LogP contribution is 2.31. The first-order valence-electron chi connectivity index (χ1n) is 10.3. The van der Waals surface area contributed by atoms with Crippen LogP contribution in [0.25, 0.3) is 11.0 Å². The number of hydrogen-bond acceptors (Lipinski definition) is 4. The number of benzene rings is 1. The van der Waals surface area contributed by atoms with Crippen molar-refractivity contribution in [3.05, 3.63) is 53.3 Å². The molecule has 4 rings (SSSR count). The molecule has 0 N–H and O–H groups in total. The highest BCUT2D eigenvalue weighted by molar-refractivity contribution is 5.79. The van der Waals surface area contributed by atoms with Crippen molar-refractivity contribution in [2.75, 3.05) is 20.2 Å². The van der Waals surface area contributed by atoms with Gasteiger partial charge in [-0.1, -0.05) is 12.1 Å². The molecule has 1 amide bonds. The van der Waals surface area contributed by atoms with E-state index in [-0.39, 0.29) is 11.8 Å². The van der Waals surface area contributed by atoms with Crippen molar-refractivity contribution < 1.29 is 9.53 Å². The number of hydrogen-bond donors (Lipinski definition) is 0. The molecule has 3 heterocycles. The second-order valence-electron chi connectivity index (χ2n) is 7.87. The Labute approximate surface area is 171 Å². The van der Waals surface area contributed by atoms with Gasteiger partial charge >= 0.3 is 0 Å². The van der Waals surface area contributed by atoms with E-state index in [0.29, 0.717) is 6.42 Å². The van der Waals surface area contributed by atoms with Crippen LogP contribution in [0.2, 0.25) is 0 Å². The molecule has 1 aliphatic rings. The predicted octanol–water partition coefficient (Wildman–Crippen LogP) is 3.62. The monoisotopic (exact) mass is 392 g/mol. The zero-order chi connectivity index (χ0) is 20.4. The number of carbonyl (C=O) groups excluding carboxylic acids is 1. The molecule has 0 unspecified atom stereocenters. The minimum Gasteiger partial charge on any atom is -0.496 e. The van der Waals surface area contributed by atoms with Crippen molar-refractivity contribution in [3.63, 3.8) is 0 Å². The van der Waals surface area contributed by atoms with Gasteiger partial charge in [0.25, 0.3) is 0 Å². The number of pyridine rings is 1. The minimum absolute atomic E-state index is 0.215. The Morgan fingerprint density at radius 3 is 3.00 bits per heavy atom. The highest BCUT2D eigenvalue weighted by Gasteiger charge is 2.28. The predicted molar refractivity (Wildman–Crippen MR) is 113 cm³/mol. The summed E-state index contributed by atoms with van der Waals surface area (Å²) in [5.74, 6) is 1.36. The number of fused-ring (bicyclic) bond motifs is 1. The number of rotatable bonds is 5. The second kappa shape index (κ2) is 8.23. The molecule has 29 heavy (non-hydrogen) atoms. The fourth-order valence-corrected chi connectivity index (χ4v) is 4.28. The van der Waals surface area contributed by atoms with E-state index < -0.39 is 0 Å². The lowest BCUT2D eigenvalue weighted by Crippen LogP contribution is -2.39. The van der Waals surface area contributed by atoms with E-state index in [4.69, 9.17) is 9.84 Å². The van der Waals surface area contributed by atoms with Crippen LogP contribution in [0.3, 0.4) is 0 Å². The van der Waals surface area contributed by atoms with Crippen LogP contribution in [0.15, 0.2) is 36.5 Å². The van der Waals surface area contributed by atoms with Crippen molar-refractivity contribution in [2.24, 2.45) is 7.05 Å². The van der Waals surface area contributed by atoms with Gasteiger partial charge in [0.05, 0.1) is 12.8 Å². The summed E-state index contributed by atoms with van der Waals surface area (Å²) in [4.78, 5) is 19.3. The van der Waals surface area contributed by atoms with E-state index in [2.05, 4.69) is 23.2 Å². The Bertz CT molecular complexity index is 1030. The van der Waals surface area contributed by atoms with Gasteiger partial charge in [-0.05, 0) is 55.5 Å². The molecule has 0 aliphatic carbocycles. The zero-order valence-corrected chi connectivity index (χ0v) is 17.4. The van der Waals surface area contributed by atoms with Crippen LogP contribution < -0.4 is 4.74 Å². The Morgan fingerprint density at radius 1 is 1.31 bits per heavy atom. The van der Waals surface area contributed by atoms with Gasteiger partial charge in [0, 0.05) is 44.1 Å². The largest absolute Gasteiger partial charge is 0.496 e. The van der Waals surface area contributed by atoms with Crippen LogP contribution >= 0.6 is 0 Å². The minimum atomic E-state index is 0.215. The molecule has 3 aromatic rings. The molecule has 1 fully saturated rings. The number of aryl methyl sites for hydroxylation is 3. The lowest BCUT2D eigenvalue weighted by atomic mass is 9.93. The van der Waals surface area contributed by atoms with E-state index >= 15 is 0 Å². The quantitative estimate of drug-likeness (QED) is 0.665. The van der Waals surface area contributed by atoms with Gasteiger partial charge in [0.15, 0.2) is 5.65 Å². The van der Waals surface area contributed by atoms with E-state index in [1.165, 1.54) is 0 Å². The third-order valence-corrected chi connectivity index (χ3v) is 5.89. The molecule has 0 radical (unpaired) electrons. The van der Waals surface area contributed by atoms with Gasteiger partial charge in [0.1, 0.15) is 5.75 Å². The normalized spacial score (nSPS) is 16.9. The lowest BCUT2D eigenvalue weighted by Gasteiger charge is -2.32. The highest BCUT2D eigenvalue weighted by atomic mass is 16.5. The number of amides is 1. The van der Waals surface area contributed by atoms with Gasteiger partial charge in [-0.2, -0.15) is 5.10 Å². The van der Waals surface area contributed by atoms with Crippen LogP contribution in [-0.2, 0) is 18.3 Å². The SMILES string of the molecule is COc1cc(CCC(=O)N2CCC[C@@H](c3nn(C)c4ncccc34)C2)ccc1C. The van der Waals surface area contributed by atoms with E-state index in [1.807, 2.05) is 35.7 Å². The number of methoxy groups -OCH3 is 1. The number of ether oxygens (including phenoxy) is 1. The van der Waals surface area contributed by atoms with Crippen LogP contribution in [0.5, 0.6) is 5.75 Å². The maximum absolute atomic E-state index is 12.9. The molecular formula is C23H28N4O2. The molecule has 0 bridgehead atoms. The summed E-state index contributed by atoms with van der Waals surface area (Å²) in [5, 5.41) is 5.83. The number of carbonyl (C=O) groups is 1. The lowest BCUT2D eigenvalue weighted by molar-refractivity contribution is -0.132. The van der Waals surface area contributed by atoms with Gasteiger partial charge in [-0.3, -0.25) is 9.48 Å². The third kappa shape index (κ3) is 3.97. The maximum Gasteiger partial charge on any atom is 0.222 e.